The van der Waals surface area contributed by atoms with E-state index >= 15 is 4.79 Å². The number of rotatable bonds is 6. The highest BCUT2D eigenvalue weighted by atomic mass is 79.9. The van der Waals surface area contributed by atoms with Gasteiger partial charge in [-0.25, -0.2) is 0 Å². The van der Waals surface area contributed by atoms with E-state index in [-0.39, 0.29) is 32.1 Å². The third-order valence-electron chi connectivity index (χ3n) is 9.87. The first-order valence-electron chi connectivity index (χ1n) is 16.7. The summed E-state index contributed by atoms with van der Waals surface area (Å²) < 4.78 is 12.9. The smallest absolute Gasteiger partial charge is 0.306 e. The van der Waals surface area contributed by atoms with Gasteiger partial charge in [-0.15, -0.1) is 0 Å². The Hall–Kier alpha value is -3.51. The minimum atomic E-state index is -1.51. The molecule has 0 saturated carbocycles. The summed E-state index contributed by atoms with van der Waals surface area (Å²) >= 11 is 10.4. The maximum absolute atomic E-state index is 15.2. The van der Waals surface area contributed by atoms with Crippen molar-refractivity contribution in [1.82, 2.24) is 10.2 Å². The lowest BCUT2D eigenvalue weighted by atomic mass is 9.74. The number of aryl methyl sites for hydroxylation is 1. The van der Waals surface area contributed by atoms with E-state index in [2.05, 4.69) is 21.2 Å². The number of carbonyl (C=O) groups is 4. The zero-order valence-corrected chi connectivity index (χ0v) is 30.0. The van der Waals surface area contributed by atoms with Crippen LogP contribution < -0.4 is 10.2 Å². The second-order valence-electron chi connectivity index (χ2n) is 13.6. The fourth-order valence-corrected chi connectivity index (χ4v) is 8.83. The van der Waals surface area contributed by atoms with Crippen LogP contribution in [0, 0.1) is 24.7 Å². The number of aliphatic hydroxyl groups excluding tert-OH is 1. The normalized spacial score (nSPS) is 30.3. The van der Waals surface area contributed by atoms with Gasteiger partial charge in [0, 0.05) is 17.4 Å². The van der Waals surface area contributed by atoms with Crippen LogP contribution in [0.15, 0.2) is 71.2 Å². The van der Waals surface area contributed by atoms with Crippen molar-refractivity contribution in [2.45, 2.75) is 69.9 Å². The van der Waals surface area contributed by atoms with Crippen LogP contribution in [-0.4, -0.2) is 77.2 Å². The molecule has 0 aromatic heterocycles. The molecule has 0 radical (unpaired) electrons. The predicted octanol–water partition coefficient (Wildman–Crippen LogP) is 5.01. The van der Waals surface area contributed by atoms with Crippen LogP contribution in [-0.2, 0) is 28.7 Å². The van der Waals surface area contributed by atoms with Crippen molar-refractivity contribution < 1.29 is 33.8 Å². The molecule has 2 N–H and O–H groups in total. The van der Waals surface area contributed by atoms with E-state index in [4.69, 9.17) is 21.1 Å². The Bertz CT molecular complexity index is 1660. The van der Waals surface area contributed by atoms with Crippen LogP contribution in [0.4, 0.5) is 5.69 Å². The average Bonchev–Trinajstić information content (AvgIpc) is 3.67. The van der Waals surface area contributed by atoms with Crippen LogP contribution in [0.2, 0.25) is 5.02 Å². The molecular weight excluding hydrogens is 714 g/mol. The van der Waals surface area contributed by atoms with Crippen molar-refractivity contribution in [1.29, 1.82) is 0 Å². The number of allylic oxidation sites excluding steroid dienone is 1. The maximum Gasteiger partial charge on any atom is 0.306 e. The standard InChI is InChI=1S/C37H41BrClN3O7/c1-21(2)17-24(19-43)42-33-36(47)41(31-22(3)11-10-14-26(31)39)16-9-5-8-15-28(44)48-20-27(23-12-6-4-7-13-23)40-34(45)29-30(35(42)46)37(33)18-25(38)32(29)49-37/h4-7,9-14,18,21,24,27,29-30,32-33,43H,8,15-17,19-20H2,1-3H3,(H,40,45)/b9-5-/t24-,27-,29-,30+,32-,33-,37+/m1/s1. The summed E-state index contributed by atoms with van der Waals surface area (Å²) in [6.45, 7) is 5.42. The van der Waals surface area contributed by atoms with Gasteiger partial charge in [-0.05, 0) is 49.0 Å². The molecule has 4 aliphatic rings. The number of cyclic esters (lactones) is 1. The van der Waals surface area contributed by atoms with Crippen molar-refractivity contribution in [3.05, 3.63) is 87.4 Å². The Kier molecular flexibility index (Phi) is 10.4. The average molecular weight is 755 g/mol. The van der Waals surface area contributed by atoms with E-state index < -0.39 is 65.4 Å². The third-order valence-corrected chi connectivity index (χ3v) is 10.9. The molecule has 4 heterocycles. The number of amides is 3. The summed E-state index contributed by atoms with van der Waals surface area (Å²) in [5, 5.41) is 14.1. The second-order valence-corrected chi connectivity index (χ2v) is 14.9. The largest absolute Gasteiger partial charge is 0.463 e. The van der Waals surface area contributed by atoms with E-state index in [0.29, 0.717) is 28.0 Å². The molecule has 0 aliphatic carbocycles. The van der Waals surface area contributed by atoms with Gasteiger partial charge in [-0.3, -0.25) is 19.2 Å². The summed E-state index contributed by atoms with van der Waals surface area (Å²) in [6, 6.07) is 11.9. The first kappa shape index (κ1) is 35.3. The molecule has 2 fully saturated rings. The highest BCUT2D eigenvalue weighted by Crippen LogP contribution is 2.59. The zero-order chi connectivity index (χ0) is 35.0. The molecule has 2 aromatic rings. The van der Waals surface area contributed by atoms with Crippen LogP contribution >= 0.6 is 27.5 Å². The van der Waals surface area contributed by atoms with Crippen LogP contribution in [0.25, 0.3) is 0 Å². The number of para-hydroxylation sites is 1. The van der Waals surface area contributed by atoms with E-state index in [9.17, 15) is 19.5 Å². The zero-order valence-electron chi connectivity index (χ0n) is 27.7. The topological polar surface area (TPSA) is 125 Å². The molecule has 2 aromatic carbocycles. The van der Waals surface area contributed by atoms with Gasteiger partial charge in [0.1, 0.15) is 24.4 Å². The molecule has 10 nitrogen and oxygen atoms in total. The molecule has 0 unspecified atom stereocenters. The predicted molar refractivity (Wildman–Crippen MR) is 188 cm³/mol. The minimum Gasteiger partial charge on any atom is -0.463 e. The number of aliphatic hydroxyl groups is 1. The Morgan fingerprint density at radius 1 is 1.06 bits per heavy atom. The molecule has 12 heteroatoms. The summed E-state index contributed by atoms with van der Waals surface area (Å²) in [5.41, 5.74) is 0.435. The maximum atomic E-state index is 15.2. The number of anilines is 1. The molecule has 3 amide bonds. The van der Waals surface area contributed by atoms with Gasteiger partial charge < -0.3 is 29.7 Å². The SMILES string of the molecule is Cc1cccc(Cl)c1N1C/C=C\CCC(=O)OC[C@H](c2ccccc2)NC(=O)[C@H]2[C@@H]3O[C@@]4(C=C3Br)[C@@H]2C(=O)N([C@@H](CO)CC(C)C)[C@@H]4C1=O. The highest BCUT2D eigenvalue weighted by molar-refractivity contribution is 9.11. The Balaban J connectivity index is 1.51. The van der Waals surface area contributed by atoms with Gasteiger partial charge in [0.25, 0.3) is 5.91 Å². The minimum absolute atomic E-state index is 0.0833. The fraction of sp³-hybridized carbons (Fsp3) is 0.459. The lowest BCUT2D eigenvalue weighted by molar-refractivity contribution is -0.146. The van der Waals surface area contributed by atoms with Gasteiger partial charge in [-0.1, -0.05) is 96.0 Å². The molecule has 4 aliphatic heterocycles. The monoisotopic (exact) mass is 753 g/mol. The number of hydrogen-bond donors (Lipinski definition) is 2. The van der Waals surface area contributed by atoms with Crippen molar-refractivity contribution in [2.75, 3.05) is 24.7 Å². The van der Waals surface area contributed by atoms with Crippen molar-refractivity contribution in [3.63, 3.8) is 0 Å². The number of esters is 1. The Morgan fingerprint density at radius 3 is 2.51 bits per heavy atom. The van der Waals surface area contributed by atoms with Crippen molar-refractivity contribution in [3.8, 4) is 0 Å². The lowest BCUT2D eigenvalue weighted by Crippen LogP contribution is -2.59. The van der Waals surface area contributed by atoms with E-state index in [1.54, 1.807) is 30.4 Å². The number of nitrogens with one attached hydrogen (secondary N) is 1. The fourth-order valence-electron chi connectivity index (χ4n) is 7.77. The molecule has 5 bridgehead atoms. The molecule has 1 spiro atoms. The Labute approximate surface area is 299 Å². The summed E-state index contributed by atoms with van der Waals surface area (Å²) in [4.78, 5) is 60.2. The number of nitrogens with zero attached hydrogens (tertiary/aromatic N) is 2. The molecule has 6 rings (SSSR count). The summed E-state index contributed by atoms with van der Waals surface area (Å²) in [5.74, 6) is -3.79. The Morgan fingerprint density at radius 2 is 1.82 bits per heavy atom. The number of hydrogen-bond acceptors (Lipinski definition) is 7. The number of carbonyl (C=O) groups excluding carboxylic acids is 4. The number of ether oxygens (including phenoxy) is 2. The van der Waals surface area contributed by atoms with Gasteiger partial charge in [0.05, 0.1) is 41.2 Å². The lowest BCUT2D eigenvalue weighted by Gasteiger charge is -2.39. The number of fused-ring (bicyclic) bond motifs is 2. The van der Waals surface area contributed by atoms with Gasteiger partial charge in [0.2, 0.25) is 11.8 Å². The van der Waals surface area contributed by atoms with E-state index in [0.717, 1.165) is 11.1 Å². The van der Waals surface area contributed by atoms with Gasteiger partial charge in [0.15, 0.2) is 0 Å². The number of benzene rings is 2. The van der Waals surface area contributed by atoms with Crippen LogP contribution in [0.5, 0.6) is 0 Å². The number of halogens is 2. The van der Waals surface area contributed by atoms with Crippen molar-refractivity contribution in [2.24, 2.45) is 17.8 Å². The van der Waals surface area contributed by atoms with E-state index in [1.165, 1.54) is 9.80 Å². The van der Waals surface area contributed by atoms with E-state index in [1.807, 2.05) is 57.2 Å². The highest BCUT2D eigenvalue weighted by Gasteiger charge is 2.75. The van der Waals surface area contributed by atoms with Crippen molar-refractivity contribution >= 4 is 56.9 Å². The quantitative estimate of drug-likeness (QED) is 0.314. The van der Waals surface area contributed by atoms with Gasteiger partial charge >= 0.3 is 5.97 Å². The number of likely N-dealkylation sites (tertiary alicyclic amines) is 1. The summed E-state index contributed by atoms with van der Waals surface area (Å²) in [7, 11) is 0. The first-order valence-corrected chi connectivity index (χ1v) is 17.9. The molecule has 49 heavy (non-hydrogen) atoms. The molecule has 260 valence electrons. The van der Waals surface area contributed by atoms with Crippen LogP contribution in [0.1, 0.15) is 50.3 Å². The third kappa shape index (κ3) is 6.46. The second kappa shape index (κ2) is 14.4. The molecule has 7 atom stereocenters. The summed E-state index contributed by atoms with van der Waals surface area (Å²) in [6.07, 6.45) is 5.40. The molecule has 2 saturated heterocycles. The van der Waals surface area contributed by atoms with Gasteiger partial charge in [-0.2, -0.15) is 0 Å². The molecular formula is C37H41BrClN3O7. The van der Waals surface area contributed by atoms with Crippen LogP contribution in [0.3, 0.4) is 0 Å². The first-order chi connectivity index (χ1) is 23.5.